The molecule has 3 aromatic rings. The Kier molecular flexibility index (Phi) is 6.87. The van der Waals surface area contributed by atoms with Crippen molar-refractivity contribution in [1.82, 2.24) is 0 Å². The number of rotatable bonds is 7. The van der Waals surface area contributed by atoms with E-state index < -0.39 is 22.5 Å². The number of benzene rings is 3. The van der Waals surface area contributed by atoms with Gasteiger partial charge in [-0.25, -0.2) is 8.42 Å². The Hall–Kier alpha value is -3.03. The standard InChI is InChI=1S/C23H23ClN2O4S/c1-16-10-12-20(13-11-16)31(28,29)26(18-6-4-7-19(14-18)30-3)15-23(27)25-22-9-5-8-21(24)17(22)2/h4-14H,15H2,1-3H3,(H,25,27). The highest BCUT2D eigenvalue weighted by Crippen LogP contribution is 2.28. The van der Waals surface area contributed by atoms with E-state index in [1.807, 2.05) is 6.92 Å². The highest BCUT2D eigenvalue weighted by atomic mass is 35.5. The zero-order valence-electron chi connectivity index (χ0n) is 17.4. The molecule has 0 spiro atoms. The van der Waals surface area contributed by atoms with E-state index in [4.69, 9.17) is 16.3 Å². The largest absolute Gasteiger partial charge is 0.497 e. The molecule has 0 aliphatic heterocycles. The van der Waals surface area contributed by atoms with Gasteiger partial charge in [0, 0.05) is 16.8 Å². The summed E-state index contributed by atoms with van der Waals surface area (Å²) in [5.74, 6) is -0.0171. The van der Waals surface area contributed by atoms with Crippen LogP contribution in [0.2, 0.25) is 5.02 Å². The first-order chi connectivity index (χ1) is 14.7. The molecule has 0 aliphatic rings. The fraction of sp³-hybridized carbons (Fsp3) is 0.174. The van der Waals surface area contributed by atoms with Crippen molar-refractivity contribution in [3.63, 3.8) is 0 Å². The summed E-state index contributed by atoms with van der Waals surface area (Å²) in [7, 11) is -2.52. The predicted molar refractivity (Wildman–Crippen MR) is 124 cm³/mol. The zero-order valence-corrected chi connectivity index (χ0v) is 19.0. The van der Waals surface area contributed by atoms with E-state index in [0.717, 1.165) is 9.87 Å². The predicted octanol–water partition coefficient (Wildman–Crippen LogP) is 4.80. The fourth-order valence-corrected chi connectivity index (χ4v) is 4.57. The number of hydrogen-bond donors (Lipinski definition) is 1. The third-order valence-corrected chi connectivity index (χ3v) is 6.98. The summed E-state index contributed by atoms with van der Waals surface area (Å²) in [4.78, 5) is 12.9. The van der Waals surface area contributed by atoms with Gasteiger partial charge in [0.25, 0.3) is 10.0 Å². The average molecular weight is 459 g/mol. The van der Waals surface area contributed by atoms with Crippen molar-refractivity contribution < 1.29 is 17.9 Å². The van der Waals surface area contributed by atoms with Crippen LogP contribution in [0.3, 0.4) is 0 Å². The van der Waals surface area contributed by atoms with Crippen LogP contribution in [-0.2, 0) is 14.8 Å². The number of nitrogens with zero attached hydrogens (tertiary/aromatic N) is 1. The van der Waals surface area contributed by atoms with Gasteiger partial charge in [-0.1, -0.05) is 41.4 Å². The lowest BCUT2D eigenvalue weighted by Gasteiger charge is -2.24. The highest BCUT2D eigenvalue weighted by molar-refractivity contribution is 7.92. The minimum atomic E-state index is -4.01. The van der Waals surface area contributed by atoms with Gasteiger partial charge in [0.1, 0.15) is 12.3 Å². The van der Waals surface area contributed by atoms with Gasteiger partial charge in [-0.2, -0.15) is 0 Å². The van der Waals surface area contributed by atoms with Crippen LogP contribution in [0.5, 0.6) is 5.75 Å². The summed E-state index contributed by atoms with van der Waals surface area (Å²) in [6.45, 7) is 3.23. The van der Waals surface area contributed by atoms with Gasteiger partial charge < -0.3 is 10.1 Å². The Morgan fingerprint density at radius 1 is 1.03 bits per heavy atom. The van der Waals surface area contributed by atoms with Crippen molar-refractivity contribution in [2.24, 2.45) is 0 Å². The second kappa shape index (κ2) is 9.41. The second-order valence-electron chi connectivity index (χ2n) is 6.99. The zero-order chi connectivity index (χ0) is 22.6. The molecule has 0 unspecified atom stereocenters. The molecule has 0 saturated heterocycles. The molecule has 0 saturated carbocycles. The second-order valence-corrected chi connectivity index (χ2v) is 9.26. The lowest BCUT2D eigenvalue weighted by atomic mass is 10.2. The van der Waals surface area contributed by atoms with Gasteiger partial charge in [-0.15, -0.1) is 0 Å². The number of anilines is 2. The van der Waals surface area contributed by atoms with Crippen molar-refractivity contribution >= 4 is 38.9 Å². The lowest BCUT2D eigenvalue weighted by Crippen LogP contribution is -2.38. The lowest BCUT2D eigenvalue weighted by molar-refractivity contribution is -0.114. The summed E-state index contributed by atoms with van der Waals surface area (Å²) in [5.41, 5.74) is 2.47. The third-order valence-electron chi connectivity index (χ3n) is 4.78. The topological polar surface area (TPSA) is 75.7 Å². The quantitative estimate of drug-likeness (QED) is 0.551. The van der Waals surface area contributed by atoms with Crippen LogP contribution in [0.15, 0.2) is 71.6 Å². The Labute approximate surface area is 187 Å². The maximum Gasteiger partial charge on any atom is 0.264 e. The minimum absolute atomic E-state index is 0.0904. The number of carbonyl (C=O) groups is 1. The molecule has 0 aromatic heterocycles. The number of nitrogens with one attached hydrogen (secondary N) is 1. The van der Waals surface area contributed by atoms with Crippen LogP contribution in [0.1, 0.15) is 11.1 Å². The Bertz CT molecular complexity index is 1190. The Balaban J connectivity index is 1.98. The van der Waals surface area contributed by atoms with Crippen LogP contribution in [0, 0.1) is 13.8 Å². The number of methoxy groups -OCH3 is 1. The third kappa shape index (κ3) is 5.18. The number of carbonyl (C=O) groups excluding carboxylic acids is 1. The van der Waals surface area contributed by atoms with Crippen LogP contribution >= 0.6 is 11.6 Å². The van der Waals surface area contributed by atoms with Gasteiger partial charge in [0.05, 0.1) is 17.7 Å². The first-order valence-corrected chi connectivity index (χ1v) is 11.3. The first kappa shape index (κ1) is 22.7. The highest BCUT2D eigenvalue weighted by Gasteiger charge is 2.27. The van der Waals surface area contributed by atoms with Crippen LogP contribution in [0.4, 0.5) is 11.4 Å². The van der Waals surface area contributed by atoms with Gasteiger partial charge >= 0.3 is 0 Å². The van der Waals surface area contributed by atoms with Gasteiger partial charge in [0.2, 0.25) is 5.91 Å². The SMILES string of the molecule is COc1cccc(N(CC(=O)Nc2cccc(Cl)c2C)S(=O)(=O)c2ccc(C)cc2)c1. The molecule has 0 radical (unpaired) electrons. The summed E-state index contributed by atoms with van der Waals surface area (Å²) < 4.78 is 33.2. The molecule has 3 aromatic carbocycles. The van der Waals surface area contributed by atoms with Crippen molar-refractivity contribution in [2.45, 2.75) is 18.7 Å². The molecule has 0 fully saturated rings. The average Bonchev–Trinajstić information content (AvgIpc) is 2.75. The van der Waals surface area contributed by atoms with Crippen molar-refractivity contribution in [3.05, 3.63) is 82.9 Å². The molecule has 0 bridgehead atoms. The summed E-state index contributed by atoms with van der Waals surface area (Å²) in [6, 6.07) is 18.2. The van der Waals surface area contributed by atoms with E-state index in [0.29, 0.717) is 27.7 Å². The van der Waals surface area contributed by atoms with E-state index in [9.17, 15) is 13.2 Å². The Morgan fingerprint density at radius 3 is 2.39 bits per heavy atom. The molecule has 1 amide bonds. The Morgan fingerprint density at radius 2 is 1.71 bits per heavy atom. The molecule has 31 heavy (non-hydrogen) atoms. The molecule has 6 nitrogen and oxygen atoms in total. The number of ether oxygens (including phenoxy) is 1. The van der Waals surface area contributed by atoms with E-state index in [2.05, 4.69) is 5.32 Å². The first-order valence-electron chi connectivity index (χ1n) is 9.51. The number of halogens is 1. The molecular formula is C23H23ClN2O4S. The molecule has 1 N–H and O–H groups in total. The van der Waals surface area contributed by atoms with Crippen LogP contribution in [-0.4, -0.2) is 28.0 Å². The van der Waals surface area contributed by atoms with Crippen LogP contribution in [0.25, 0.3) is 0 Å². The molecule has 162 valence electrons. The van der Waals surface area contributed by atoms with E-state index in [1.54, 1.807) is 61.5 Å². The number of aryl methyl sites for hydroxylation is 1. The summed E-state index contributed by atoms with van der Waals surface area (Å²) >= 11 is 6.13. The van der Waals surface area contributed by atoms with E-state index >= 15 is 0 Å². The van der Waals surface area contributed by atoms with Crippen molar-refractivity contribution in [3.8, 4) is 5.75 Å². The maximum absolute atomic E-state index is 13.4. The normalized spacial score (nSPS) is 11.1. The van der Waals surface area contributed by atoms with Crippen molar-refractivity contribution in [2.75, 3.05) is 23.3 Å². The van der Waals surface area contributed by atoms with Gasteiger partial charge in [-0.05, 0) is 55.8 Å². The maximum atomic E-state index is 13.4. The van der Waals surface area contributed by atoms with E-state index in [1.165, 1.54) is 19.2 Å². The molecular weight excluding hydrogens is 436 g/mol. The summed E-state index contributed by atoms with van der Waals surface area (Å²) in [5, 5.41) is 3.26. The molecule has 0 heterocycles. The fourth-order valence-electron chi connectivity index (χ4n) is 2.98. The van der Waals surface area contributed by atoms with Gasteiger partial charge in [0.15, 0.2) is 0 Å². The number of sulfonamides is 1. The van der Waals surface area contributed by atoms with Gasteiger partial charge in [-0.3, -0.25) is 9.10 Å². The van der Waals surface area contributed by atoms with Crippen LogP contribution < -0.4 is 14.4 Å². The number of amides is 1. The minimum Gasteiger partial charge on any atom is -0.497 e. The summed E-state index contributed by atoms with van der Waals surface area (Å²) in [6.07, 6.45) is 0. The van der Waals surface area contributed by atoms with E-state index in [-0.39, 0.29) is 4.90 Å². The molecule has 8 heteroatoms. The molecule has 0 aliphatic carbocycles. The smallest absolute Gasteiger partial charge is 0.264 e. The molecule has 0 atom stereocenters. The number of hydrogen-bond acceptors (Lipinski definition) is 4. The van der Waals surface area contributed by atoms with Crippen molar-refractivity contribution in [1.29, 1.82) is 0 Å². The molecule has 3 rings (SSSR count). The monoisotopic (exact) mass is 458 g/mol.